The summed E-state index contributed by atoms with van der Waals surface area (Å²) in [6.07, 6.45) is 0.373. The zero-order valence-electron chi connectivity index (χ0n) is 9.10. The molecular weight excluding hydrogens is 244 g/mol. The van der Waals surface area contributed by atoms with Crippen LogP contribution in [0, 0.1) is 0 Å². The van der Waals surface area contributed by atoms with Gasteiger partial charge in [0.25, 0.3) is 0 Å². The van der Waals surface area contributed by atoms with E-state index in [9.17, 15) is 14.7 Å². The molecule has 0 bridgehead atoms. The van der Waals surface area contributed by atoms with Crippen molar-refractivity contribution in [2.45, 2.75) is 18.9 Å². The number of aliphatic hydroxyl groups is 1. The first-order chi connectivity index (χ1) is 8.10. The molecule has 0 aliphatic carbocycles. The smallest absolute Gasteiger partial charge is 0.337 e. The number of carboxylic acids is 1. The van der Waals surface area contributed by atoms with Crippen molar-refractivity contribution < 1.29 is 19.8 Å². The van der Waals surface area contributed by atoms with Crippen LogP contribution >= 0.6 is 11.6 Å². The maximum Gasteiger partial charge on any atom is 0.337 e. The Morgan fingerprint density at radius 1 is 1.47 bits per heavy atom. The molecule has 1 rings (SSSR count). The van der Waals surface area contributed by atoms with Crippen molar-refractivity contribution in [1.29, 1.82) is 0 Å². The Morgan fingerprint density at radius 2 is 2.18 bits per heavy atom. The molecule has 0 spiro atoms. The molecule has 0 heterocycles. The third-order valence-electron chi connectivity index (χ3n) is 2.41. The molecule has 0 saturated carbocycles. The molecule has 1 atom stereocenters. The lowest BCUT2D eigenvalue weighted by Gasteiger charge is -2.10. The minimum Gasteiger partial charge on any atom is -0.479 e. The lowest BCUT2D eigenvalue weighted by Crippen LogP contribution is -2.12. The molecule has 0 aliphatic rings. The summed E-state index contributed by atoms with van der Waals surface area (Å²) in [5.74, 6) is -0.850. The van der Waals surface area contributed by atoms with Crippen LogP contribution < -0.4 is 0 Å². The van der Waals surface area contributed by atoms with Gasteiger partial charge in [-0.1, -0.05) is 12.1 Å². The lowest BCUT2D eigenvalue weighted by atomic mass is 9.98. The van der Waals surface area contributed by atoms with Crippen LogP contribution in [0.5, 0.6) is 0 Å². The van der Waals surface area contributed by atoms with Crippen molar-refractivity contribution in [2.24, 2.45) is 0 Å². The number of aliphatic carboxylic acids is 1. The van der Waals surface area contributed by atoms with Crippen LogP contribution in [-0.4, -0.2) is 28.3 Å². The van der Waals surface area contributed by atoms with E-state index in [0.717, 1.165) is 12.0 Å². The summed E-state index contributed by atoms with van der Waals surface area (Å²) >= 11 is 5.56. The molecule has 0 saturated heterocycles. The van der Waals surface area contributed by atoms with E-state index in [-0.39, 0.29) is 11.1 Å². The maximum atomic E-state index is 10.9. The van der Waals surface area contributed by atoms with Crippen molar-refractivity contribution in [1.82, 2.24) is 0 Å². The number of carbonyl (C=O) groups excluding carboxylic acids is 1. The van der Waals surface area contributed by atoms with Crippen LogP contribution in [0.2, 0.25) is 0 Å². The Hall–Kier alpha value is -1.39. The van der Waals surface area contributed by atoms with Crippen molar-refractivity contribution in [3.05, 3.63) is 34.9 Å². The number of carbonyl (C=O) groups is 2. The summed E-state index contributed by atoms with van der Waals surface area (Å²) in [7, 11) is 0. The van der Waals surface area contributed by atoms with Gasteiger partial charge >= 0.3 is 5.97 Å². The minimum atomic E-state index is -1.67. The molecule has 0 aromatic heterocycles. The van der Waals surface area contributed by atoms with E-state index in [1.54, 1.807) is 12.1 Å². The van der Waals surface area contributed by atoms with Gasteiger partial charge in [-0.3, -0.25) is 4.79 Å². The molecule has 5 heteroatoms. The van der Waals surface area contributed by atoms with Crippen molar-refractivity contribution in [3.8, 4) is 0 Å². The van der Waals surface area contributed by atoms with Crippen LogP contribution in [0.3, 0.4) is 0 Å². The van der Waals surface area contributed by atoms with Gasteiger partial charge in [-0.15, -0.1) is 11.6 Å². The number of aryl methyl sites for hydroxylation is 1. The highest BCUT2D eigenvalue weighted by atomic mass is 35.5. The van der Waals surface area contributed by atoms with E-state index in [1.807, 2.05) is 0 Å². The monoisotopic (exact) mass is 256 g/mol. The first-order valence-electron chi connectivity index (χ1n) is 5.15. The summed E-state index contributed by atoms with van der Waals surface area (Å²) in [5.41, 5.74) is 1.21. The lowest BCUT2D eigenvalue weighted by molar-refractivity contribution is -0.146. The highest BCUT2D eigenvalue weighted by molar-refractivity contribution is 6.17. The van der Waals surface area contributed by atoms with E-state index < -0.39 is 12.1 Å². The molecule has 1 unspecified atom stereocenters. The first-order valence-corrected chi connectivity index (χ1v) is 5.68. The number of rotatable bonds is 6. The van der Waals surface area contributed by atoms with Crippen LogP contribution in [0.4, 0.5) is 0 Å². The highest BCUT2D eigenvalue weighted by Gasteiger charge is 2.19. The number of carboxylic acid groups (broad SMARTS) is 1. The normalized spacial score (nSPS) is 12.1. The van der Waals surface area contributed by atoms with Crippen molar-refractivity contribution in [3.63, 3.8) is 0 Å². The summed E-state index contributed by atoms with van der Waals surface area (Å²) in [6, 6.07) is 4.74. The molecule has 2 N–H and O–H groups in total. The molecule has 1 aromatic carbocycles. The second-order valence-electron chi connectivity index (χ2n) is 3.61. The van der Waals surface area contributed by atoms with Crippen LogP contribution in [0.1, 0.15) is 34.0 Å². The second-order valence-corrected chi connectivity index (χ2v) is 3.99. The molecule has 0 aliphatic heterocycles. The second kappa shape index (κ2) is 6.37. The Bertz CT molecular complexity index is 417. The first kappa shape index (κ1) is 13.7. The van der Waals surface area contributed by atoms with Gasteiger partial charge in [-0.2, -0.15) is 0 Å². The van der Waals surface area contributed by atoms with Gasteiger partial charge in [0.05, 0.1) is 0 Å². The summed E-state index contributed by atoms with van der Waals surface area (Å²) < 4.78 is 0. The number of halogens is 1. The molecule has 1 aromatic rings. The van der Waals surface area contributed by atoms with Gasteiger partial charge in [0.15, 0.2) is 6.10 Å². The average molecular weight is 257 g/mol. The predicted octanol–water partition coefficient (Wildman–Crippen LogP) is 1.79. The fourth-order valence-electron chi connectivity index (χ4n) is 1.53. The van der Waals surface area contributed by atoms with Gasteiger partial charge in [0.2, 0.25) is 0 Å². The largest absolute Gasteiger partial charge is 0.479 e. The summed E-state index contributed by atoms with van der Waals surface area (Å²) in [5, 5.41) is 18.1. The summed E-state index contributed by atoms with van der Waals surface area (Å²) in [4.78, 5) is 21.5. The number of hydrogen-bond acceptors (Lipinski definition) is 3. The molecule has 0 amide bonds. The van der Waals surface area contributed by atoms with Crippen LogP contribution in [0.25, 0.3) is 0 Å². The number of alkyl halides is 1. The molecule has 17 heavy (non-hydrogen) atoms. The Balaban J connectivity index is 3.00. The topological polar surface area (TPSA) is 74.6 Å². The quantitative estimate of drug-likeness (QED) is 0.601. The van der Waals surface area contributed by atoms with Crippen LogP contribution in [0.15, 0.2) is 18.2 Å². The Morgan fingerprint density at radius 3 is 2.71 bits per heavy atom. The predicted molar refractivity (Wildman–Crippen MR) is 63.5 cm³/mol. The minimum absolute atomic E-state index is 0.113. The number of benzene rings is 1. The van der Waals surface area contributed by atoms with Gasteiger partial charge in [-0.25, -0.2) is 4.79 Å². The fraction of sp³-hybridized carbons (Fsp3) is 0.333. The van der Waals surface area contributed by atoms with Gasteiger partial charge in [-0.05, 0) is 24.5 Å². The third-order valence-corrected chi connectivity index (χ3v) is 2.67. The van der Waals surface area contributed by atoms with Gasteiger partial charge < -0.3 is 10.2 Å². The van der Waals surface area contributed by atoms with Gasteiger partial charge in [0, 0.05) is 17.0 Å². The zero-order chi connectivity index (χ0) is 12.8. The van der Waals surface area contributed by atoms with E-state index in [1.165, 1.54) is 6.07 Å². The number of aldehydes is 1. The average Bonchev–Trinajstić information content (AvgIpc) is 2.34. The van der Waals surface area contributed by atoms with E-state index in [0.29, 0.717) is 18.6 Å². The molecule has 0 radical (unpaired) electrons. The van der Waals surface area contributed by atoms with Crippen molar-refractivity contribution >= 4 is 23.9 Å². The molecular formula is C12H13ClO4. The molecule has 0 fully saturated rings. The van der Waals surface area contributed by atoms with Crippen molar-refractivity contribution in [2.75, 3.05) is 5.88 Å². The standard InChI is InChI=1S/C12H13ClO4/c13-5-1-2-8-3-4-10(9(6-8)7-14)11(15)12(16)17/h3-4,6-7,11,15H,1-2,5H2,(H,16,17). The summed E-state index contributed by atoms with van der Waals surface area (Å²) in [6.45, 7) is 0. The van der Waals surface area contributed by atoms with E-state index >= 15 is 0 Å². The van der Waals surface area contributed by atoms with Crippen LogP contribution in [-0.2, 0) is 11.2 Å². The molecule has 4 nitrogen and oxygen atoms in total. The fourth-order valence-corrected chi connectivity index (χ4v) is 1.67. The van der Waals surface area contributed by atoms with Gasteiger partial charge in [0.1, 0.15) is 6.29 Å². The van der Waals surface area contributed by atoms with E-state index in [2.05, 4.69) is 0 Å². The number of aliphatic hydroxyl groups excluding tert-OH is 1. The Kier molecular flexibility index (Phi) is 5.12. The highest BCUT2D eigenvalue weighted by Crippen LogP contribution is 2.19. The zero-order valence-corrected chi connectivity index (χ0v) is 9.85. The maximum absolute atomic E-state index is 10.9. The third kappa shape index (κ3) is 3.54. The Labute approximate surface area is 104 Å². The van der Waals surface area contributed by atoms with E-state index in [4.69, 9.17) is 16.7 Å². The SMILES string of the molecule is O=Cc1cc(CCCCl)ccc1C(O)C(=O)O. The molecule has 92 valence electrons. The number of hydrogen-bond donors (Lipinski definition) is 2.